The van der Waals surface area contributed by atoms with Crippen molar-refractivity contribution in [2.24, 2.45) is 5.41 Å². The van der Waals surface area contributed by atoms with Crippen molar-refractivity contribution in [2.75, 3.05) is 24.5 Å². The van der Waals surface area contributed by atoms with Gasteiger partial charge in [-0.2, -0.15) is 0 Å². The average Bonchev–Trinajstić information content (AvgIpc) is 2.35. The first-order valence-corrected chi connectivity index (χ1v) is 7.75. The highest BCUT2D eigenvalue weighted by atomic mass is 79.9. The van der Waals surface area contributed by atoms with Gasteiger partial charge in [-0.1, -0.05) is 29.8 Å². The summed E-state index contributed by atoms with van der Waals surface area (Å²) in [4.78, 5) is 2.56. The molecule has 0 spiro atoms. The van der Waals surface area contributed by atoms with Crippen molar-refractivity contribution < 1.29 is 0 Å². The molecule has 1 aromatic rings. The zero-order valence-corrected chi connectivity index (χ0v) is 14.3. The molecule has 3 heteroatoms. The Balaban J connectivity index is 2.43. The van der Waals surface area contributed by atoms with Gasteiger partial charge in [0.25, 0.3) is 0 Å². The summed E-state index contributed by atoms with van der Waals surface area (Å²) in [5.74, 6) is 0. The van der Waals surface area contributed by atoms with E-state index in [2.05, 4.69) is 79.0 Å². The number of hydrogen-bond acceptors (Lipinski definition) is 2. The monoisotopic (exact) mass is 324 g/mol. The van der Waals surface area contributed by atoms with Crippen LogP contribution in [0.3, 0.4) is 0 Å². The first-order valence-electron chi connectivity index (χ1n) is 6.96. The lowest BCUT2D eigenvalue weighted by Crippen LogP contribution is -2.50. The number of halogens is 1. The van der Waals surface area contributed by atoms with Gasteiger partial charge in [0, 0.05) is 35.3 Å². The van der Waals surface area contributed by atoms with Crippen LogP contribution in [0.1, 0.15) is 33.3 Å². The van der Waals surface area contributed by atoms with Crippen molar-refractivity contribution in [3.8, 4) is 0 Å². The summed E-state index contributed by atoms with van der Waals surface area (Å²) in [6, 6.07) is 6.59. The van der Waals surface area contributed by atoms with Gasteiger partial charge in [0.1, 0.15) is 0 Å². The van der Waals surface area contributed by atoms with Gasteiger partial charge < -0.3 is 10.2 Å². The quantitative estimate of drug-likeness (QED) is 0.840. The number of nitrogens with zero attached hydrogens (tertiary/aromatic N) is 1. The van der Waals surface area contributed by atoms with Crippen LogP contribution in [0.5, 0.6) is 0 Å². The zero-order valence-electron chi connectivity index (χ0n) is 12.7. The van der Waals surface area contributed by atoms with Crippen molar-refractivity contribution in [1.82, 2.24) is 5.32 Å². The minimum atomic E-state index is 0.131. The van der Waals surface area contributed by atoms with Gasteiger partial charge in [-0.25, -0.2) is 0 Å². The lowest BCUT2D eigenvalue weighted by Gasteiger charge is -2.42. The Morgan fingerprint density at radius 2 is 1.84 bits per heavy atom. The molecule has 1 N–H and O–H groups in total. The molecule has 0 aromatic heterocycles. The van der Waals surface area contributed by atoms with E-state index in [-0.39, 0.29) is 11.0 Å². The molecule has 0 bridgehead atoms. The van der Waals surface area contributed by atoms with Crippen LogP contribution < -0.4 is 10.2 Å². The molecule has 0 aliphatic carbocycles. The predicted molar refractivity (Wildman–Crippen MR) is 87.0 cm³/mol. The Hall–Kier alpha value is -0.540. The molecule has 0 radical (unpaired) electrons. The normalized spacial score (nSPS) is 22.1. The molecule has 1 aromatic carbocycles. The molecule has 1 aliphatic heterocycles. The fourth-order valence-electron chi connectivity index (χ4n) is 2.83. The maximum Gasteiger partial charge on any atom is 0.0470 e. The Bertz CT molecular complexity index is 466. The minimum absolute atomic E-state index is 0.131. The number of anilines is 1. The van der Waals surface area contributed by atoms with Crippen LogP contribution in [0.15, 0.2) is 22.7 Å². The maximum atomic E-state index is 3.61. The third kappa shape index (κ3) is 3.32. The van der Waals surface area contributed by atoms with E-state index in [1.165, 1.54) is 11.3 Å². The fraction of sp³-hybridized carbons (Fsp3) is 0.625. The van der Waals surface area contributed by atoms with Crippen LogP contribution >= 0.6 is 15.9 Å². The third-order valence-corrected chi connectivity index (χ3v) is 4.42. The van der Waals surface area contributed by atoms with Gasteiger partial charge >= 0.3 is 0 Å². The van der Waals surface area contributed by atoms with Gasteiger partial charge in [-0.3, -0.25) is 0 Å². The lowest BCUT2D eigenvalue weighted by atomic mass is 9.91. The van der Waals surface area contributed by atoms with Gasteiger partial charge in [-0.15, -0.1) is 0 Å². The first kappa shape index (κ1) is 14.9. The van der Waals surface area contributed by atoms with Gasteiger partial charge in [-0.05, 0) is 49.9 Å². The first-order chi connectivity index (χ1) is 8.71. The Morgan fingerprint density at radius 1 is 1.16 bits per heavy atom. The van der Waals surface area contributed by atoms with E-state index in [0.717, 1.165) is 24.1 Å². The fourth-order valence-corrected chi connectivity index (χ4v) is 3.31. The number of hydrogen-bond donors (Lipinski definition) is 1. The van der Waals surface area contributed by atoms with Crippen LogP contribution in [0.2, 0.25) is 0 Å². The second-order valence-corrected chi connectivity index (χ2v) is 8.01. The molecule has 19 heavy (non-hydrogen) atoms. The molecule has 2 nitrogen and oxygen atoms in total. The topological polar surface area (TPSA) is 15.3 Å². The largest absolute Gasteiger partial charge is 0.364 e. The van der Waals surface area contributed by atoms with Gasteiger partial charge in [0.2, 0.25) is 0 Å². The van der Waals surface area contributed by atoms with E-state index >= 15 is 0 Å². The molecule has 2 rings (SSSR count). The van der Waals surface area contributed by atoms with Crippen molar-refractivity contribution in [3.05, 3.63) is 28.2 Å². The van der Waals surface area contributed by atoms with E-state index in [1.807, 2.05) is 0 Å². The van der Waals surface area contributed by atoms with Crippen molar-refractivity contribution in [3.63, 3.8) is 0 Å². The molecule has 1 fully saturated rings. The number of nitrogens with one attached hydrogen (secondary N) is 1. The van der Waals surface area contributed by atoms with E-state index < -0.39 is 0 Å². The molecule has 1 saturated heterocycles. The molecular formula is C16H25BrN2. The minimum Gasteiger partial charge on any atom is -0.364 e. The van der Waals surface area contributed by atoms with E-state index in [1.54, 1.807) is 0 Å². The molecular weight excluding hydrogens is 300 g/mol. The highest BCUT2D eigenvalue weighted by Gasteiger charge is 2.35. The molecule has 106 valence electrons. The second-order valence-electron chi connectivity index (χ2n) is 7.10. The van der Waals surface area contributed by atoms with Crippen molar-refractivity contribution in [2.45, 2.75) is 40.2 Å². The van der Waals surface area contributed by atoms with Crippen LogP contribution in [-0.2, 0) is 0 Å². The van der Waals surface area contributed by atoms with Crippen molar-refractivity contribution >= 4 is 21.6 Å². The Labute approximate surface area is 125 Å². The van der Waals surface area contributed by atoms with E-state index in [9.17, 15) is 0 Å². The third-order valence-electron chi connectivity index (χ3n) is 3.93. The number of benzene rings is 1. The van der Waals surface area contributed by atoms with Crippen LogP contribution in [0, 0.1) is 12.3 Å². The SMILES string of the molecule is Cc1cc(Br)ccc1N1CC(C)(C)CNCC1(C)C. The number of rotatable bonds is 1. The maximum absolute atomic E-state index is 3.61. The summed E-state index contributed by atoms with van der Waals surface area (Å²) < 4.78 is 1.15. The summed E-state index contributed by atoms with van der Waals surface area (Å²) in [7, 11) is 0. The standard InChI is InChI=1S/C16H25BrN2/c1-12-8-13(17)6-7-14(12)19-11-15(2,3)9-18-10-16(19,4)5/h6-8,18H,9-11H2,1-5H3. The summed E-state index contributed by atoms with van der Waals surface area (Å²) in [6.07, 6.45) is 0. The summed E-state index contributed by atoms with van der Waals surface area (Å²) in [6.45, 7) is 14.7. The zero-order chi connectivity index (χ0) is 14.3. The Morgan fingerprint density at radius 3 is 2.47 bits per heavy atom. The van der Waals surface area contributed by atoms with Crippen LogP contribution in [0.4, 0.5) is 5.69 Å². The summed E-state index contributed by atoms with van der Waals surface area (Å²) in [5.41, 5.74) is 3.10. The predicted octanol–water partition coefficient (Wildman–Crippen LogP) is 3.97. The van der Waals surface area contributed by atoms with E-state index in [4.69, 9.17) is 0 Å². The average molecular weight is 325 g/mol. The highest BCUT2D eigenvalue weighted by molar-refractivity contribution is 9.10. The van der Waals surface area contributed by atoms with Crippen LogP contribution in [-0.4, -0.2) is 25.2 Å². The number of aryl methyl sites for hydroxylation is 1. The van der Waals surface area contributed by atoms with Gasteiger partial charge in [0.05, 0.1) is 0 Å². The van der Waals surface area contributed by atoms with Crippen molar-refractivity contribution in [1.29, 1.82) is 0 Å². The second kappa shape index (κ2) is 5.10. The molecule has 0 saturated carbocycles. The Kier molecular flexibility index (Phi) is 3.99. The summed E-state index contributed by atoms with van der Waals surface area (Å²) in [5, 5.41) is 3.61. The smallest absolute Gasteiger partial charge is 0.0470 e. The molecule has 0 unspecified atom stereocenters. The van der Waals surface area contributed by atoms with E-state index in [0.29, 0.717) is 0 Å². The molecule has 1 heterocycles. The lowest BCUT2D eigenvalue weighted by molar-refractivity contribution is 0.365. The molecule has 0 amide bonds. The highest BCUT2D eigenvalue weighted by Crippen LogP contribution is 2.34. The summed E-state index contributed by atoms with van der Waals surface area (Å²) >= 11 is 3.56. The van der Waals surface area contributed by atoms with Crippen LogP contribution in [0.25, 0.3) is 0 Å². The molecule has 1 aliphatic rings. The molecule has 0 atom stereocenters. The van der Waals surface area contributed by atoms with Gasteiger partial charge in [0.15, 0.2) is 0 Å².